The number of benzene rings is 3. The van der Waals surface area contributed by atoms with Crippen LogP contribution in [0.5, 0.6) is 5.75 Å². The van der Waals surface area contributed by atoms with Crippen molar-refractivity contribution in [2.75, 3.05) is 0 Å². The zero-order chi connectivity index (χ0) is 20.1. The van der Waals surface area contributed by atoms with Gasteiger partial charge in [0.15, 0.2) is 11.6 Å². The van der Waals surface area contributed by atoms with Crippen LogP contribution in [0.4, 0.5) is 8.78 Å². The first-order chi connectivity index (χ1) is 13.5. The Kier molecular flexibility index (Phi) is 5.83. The van der Waals surface area contributed by atoms with Crippen LogP contribution in [0.15, 0.2) is 66.7 Å². The Morgan fingerprint density at radius 2 is 1.75 bits per heavy atom. The number of allylic oxidation sites excluding steroid dienone is 1. The monoisotopic (exact) mass is 395 g/mol. The normalized spacial score (nSPS) is 11.0. The van der Waals surface area contributed by atoms with E-state index in [0.717, 1.165) is 18.2 Å². The van der Waals surface area contributed by atoms with Crippen LogP contribution in [0.1, 0.15) is 21.5 Å². The molecule has 0 aliphatic rings. The Labute approximate surface area is 165 Å². The first kappa shape index (κ1) is 19.3. The number of esters is 1. The van der Waals surface area contributed by atoms with Crippen LogP contribution in [-0.2, 0) is 0 Å². The highest BCUT2D eigenvalue weighted by Gasteiger charge is 2.12. The summed E-state index contributed by atoms with van der Waals surface area (Å²) >= 11 is 5.97. The molecule has 0 heterocycles. The lowest BCUT2D eigenvalue weighted by molar-refractivity contribution is 0.0734. The maximum absolute atomic E-state index is 13.3. The van der Waals surface area contributed by atoms with Gasteiger partial charge in [0.25, 0.3) is 0 Å². The second-order valence-corrected chi connectivity index (χ2v) is 6.21. The quantitative estimate of drug-likeness (QED) is 0.239. The number of nitriles is 1. The molecule has 3 aromatic rings. The molecular formula is C22H12ClF2NO2. The molecule has 0 N–H and O–H groups in total. The lowest BCUT2D eigenvalue weighted by atomic mass is 10.0. The van der Waals surface area contributed by atoms with E-state index in [9.17, 15) is 18.8 Å². The van der Waals surface area contributed by atoms with Crippen molar-refractivity contribution in [3.63, 3.8) is 0 Å². The molecule has 28 heavy (non-hydrogen) atoms. The zero-order valence-electron chi connectivity index (χ0n) is 14.3. The van der Waals surface area contributed by atoms with Crippen LogP contribution in [0, 0.1) is 23.0 Å². The predicted octanol–water partition coefficient (Wildman–Crippen LogP) is 5.90. The molecule has 0 saturated heterocycles. The highest BCUT2D eigenvalue weighted by atomic mass is 35.5. The topological polar surface area (TPSA) is 50.1 Å². The molecule has 0 unspecified atom stereocenters. The fourth-order valence-corrected chi connectivity index (χ4v) is 2.65. The van der Waals surface area contributed by atoms with Crippen LogP contribution in [0.25, 0.3) is 11.6 Å². The first-order valence-electron chi connectivity index (χ1n) is 8.11. The molecule has 6 heteroatoms. The fourth-order valence-electron chi connectivity index (χ4n) is 2.46. The number of hydrogen-bond acceptors (Lipinski definition) is 3. The lowest BCUT2D eigenvalue weighted by Gasteiger charge is -2.06. The van der Waals surface area contributed by atoms with E-state index in [1.807, 2.05) is 0 Å². The van der Waals surface area contributed by atoms with Gasteiger partial charge in [0.2, 0.25) is 0 Å². The molecule has 138 valence electrons. The molecule has 0 amide bonds. The van der Waals surface area contributed by atoms with Crippen molar-refractivity contribution in [1.82, 2.24) is 0 Å². The van der Waals surface area contributed by atoms with Gasteiger partial charge < -0.3 is 4.74 Å². The molecule has 0 spiro atoms. The van der Waals surface area contributed by atoms with Crippen molar-refractivity contribution in [3.05, 3.63) is 100 Å². The largest absolute Gasteiger partial charge is 0.423 e. The molecule has 3 aromatic carbocycles. The van der Waals surface area contributed by atoms with Gasteiger partial charge in [0.05, 0.1) is 17.2 Å². The van der Waals surface area contributed by atoms with Crippen LogP contribution in [-0.4, -0.2) is 5.97 Å². The number of carbonyl (C=O) groups is 1. The smallest absolute Gasteiger partial charge is 0.343 e. The Morgan fingerprint density at radius 3 is 2.46 bits per heavy atom. The van der Waals surface area contributed by atoms with Crippen molar-refractivity contribution >= 4 is 29.2 Å². The van der Waals surface area contributed by atoms with Crippen molar-refractivity contribution < 1.29 is 18.3 Å². The summed E-state index contributed by atoms with van der Waals surface area (Å²) in [5, 5.41) is 9.94. The van der Waals surface area contributed by atoms with Gasteiger partial charge in [-0.2, -0.15) is 5.26 Å². The van der Waals surface area contributed by atoms with Gasteiger partial charge in [0.1, 0.15) is 5.75 Å². The second-order valence-electron chi connectivity index (χ2n) is 5.77. The molecule has 0 aromatic heterocycles. The molecule has 0 radical (unpaired) electrons. The summed E-state index contributed by atoms with van der Waals surface area (Å²) in [6, 6.07) is 18.2. The van der Waals surface area contributed by atoms with E-state index in [1.54, 1.807) is 54.6 Å². The number of nitrogens with zero attached hydrogens (tertiary/aromatic N) is 1. The van der Waals surface area contributed by atoms with Crippen molar-refractivity contribution in [2.45, 2.75) is 0 Å². The summed E-state index contributed by atoms with van der Waals surface area (Å²) in [6.45, 7) is 0. The molecule has 0 fully saturated rings. The summed E-state index contributed by atoms with van der Waals surface area (Å²) in [5.74, 6) is -2.80. The van der Waals surface area contributed by atoms with Gasteiger partial charge in [-0.05, 0) is 59.7 Å². The van der Waals surface area contributed by atoms with Crippen LogP contribution in [0.2, 0.25) is 5.02 Å². The van der Waals surface area contributed by atoms with Crippen LogP contribution < -0.4 is 4.74 Å². The van der Waals surface area contributed by atoms with Gasteiger partial charge in [-0.15, -0.1) is 0 Å². The Morgan fingerprint density at radius 1 is 0.964 bits per heavy atom. The number of carbonyl (C=O) groups excluding carboxylic acids is 1. The molecule has 0 bridgehead atoms. The van der Waals surface area contributed by atoms with Gasteiger partial charge in [-0.1, -0.05) is 35.9 Å². The van der Waals surface area contributed by atoms with E-state index < -0.39 is 17.6 Å². The maximum atomic E-state index is 13.3. The van der Waals surface area contributed by atoms with Crippen LogP contribution in [0.3, 0.4) is 0 Å². The minimum absolute atomic E-state index is 0.114. The summed E-state index contributed by atoms with van der Waals surface area (Å²) < 4.78 is 31.5. The average molecular weight is 396 g/mol. The average Bonchev–Trinajstić information content (AvgIpc) is 2.68. The highest BCUT2D eigenvalue weighted by Crippen LogP contribution is 2.23. The molecule has 0 aliphatic carbocycles. The van der Waals surface area contributed by atoms with E-state index in [1.165, 1.54) is 0 Å². The molecule has 0 aliphatic heterocycles. The van der Waals surface area contributed by atoms with Crippen LogP contribution >= 0.6 is 11.6 Å². The minimum atomic E-state index is -1.13. The van der Waals surface area contributed by atoms with Crippen molar-refractivity contribution in [1.29, 1.82) is 5.26 Å². The van der Waals surface area contributed by atoms with Crippen molar-refractivity contribution in [3.8, 4) is 11.8 Å². The number of hydrogen-bond donors (Lipinski definition) is 0. The van der Waals surface area contributed by atoms with Gasteiger partial charge >= 0.3 is 5.97 Å². The van der Waals surface area contributed by atoms with Crippen molar-refractivity contribution in [2.24, 2.45) is 0 Å². The summed E-state index contributed by atoms with van der Waals surface area (Å²) in [5.41, 5.74) is 1.54. The maximum Gasteiger partial charge on any atom is 0.343 e. The zero-order valence-corrected chi connectivity index (χ0v) is 15.1. The third kappa shape index (κ3) is 4.61. The third-order valence-electron chi connectivity index (χ3n) is 3.79. The summed E-state index contributed by atoms with van der Waals surface area (Å²) in [7, 11) is 0. The first-order valence-corrected chi connectivity index (χ1v) is 8.49. The molecular weight excluding hydrogens is 384 g/mol. The fraction of sp³-hybridized carbons (Fsp3) is 0. The molecule has 0 saturated carbocycles. The van der Waals surface area contributed by atoms with Gasteiger partial charge in [0, 0.05) is 5.02 Å². The molecule has 3 rings (SSSR count). The van der Waals surface area contributed by atoms with E-state index in [0.29, 0.717) is 21.7 Å². The van der Waals surface area contributed by atoms with E-state index in [-0.39, 0.29) is 11.3 Å². The SMILES string of the molecule is N#C/C(=C/c1cccc(OC(=O)c2ccc(F)c(F)c2)c1)c1cccc(Cl)c1. The Hall–Kier alpha value is -3.49. The second kappa shape index (κ2) is 8.47. The lowest BCUT2D eigenvalue weighted by Crippen LogP contribution is -2.09. The molecule has 3 nitrogen and oxygen atoms in total. The minimum Gasteiger partial charge on any atom is -0.423 e. The third-order valence-corrected chi connectivity index (χ3v) is 4.03. The Balaban J connectivity index is 1.84. The highest BCUT2D eigenvalue weighted by molar-refractivity contribution is 6.30. The van der Waals surface area contributed by atoms with Gasteiger partial charge in [-0.3, -0.25) is 0 Å². The number of rotatable bonds is 4. The van der Waals surface area contributed by atoms with E-state index in [4.69, 9.17) is 16.3 Å². The van der Waals surface area contributed by atoms with E-state index >= 15 is 0 Å². The van der Waals surface area contributed by atoms with E-state index in [2.05, 4.69) is 6.07 Å². The number of halogens is 3. The predicted molar refractivity (Wildman–Crippen MR) is 103 cm³/mol. The molecule has 0 atom stereocenters. The Bertz CT molecular complexity index is 1120. The number of ether oxygens (including phenoxy) is 1. The summed E-state index contributed by atoms with van der Waals surface area (Å²) in [4.78, 5) is 12.1. The standard InChI is InChI=1S/C22H12ClF2NO2/c23-18-5-2-4-15(11-18)17(13-26)9-14-3-1-6-19(10-14)28-22(27)16-7-8-20(24)21(25)12-16/h1-12H/b17-9-. The van der Waals surface area contributed by atoms with Gasteiger partial charge in [-0.25, -0.2) is 13.6 Å². The summed E-state index contributed by atoms with van der Waals surface area (Å²) in [6.07, 6.45) is 1.63.